The van der Waals surface area contributed by atoms with Crippen molar-refractivity contribution in [2.45, 2.75) is 96.2 Å². The van der Waals surface area contributed by atoms with Crippen molar-refractivity contribution in [2.75, 3.05) is 13.2 Å². The van der Waals surface area contributed by atoms with Crippen LogP contribution >= 0.6 is 0 Å². The SMILES string of the molecule is CCCCCCCCOc1cc(C)c2c(=O)cc(CC(C)=O)oc2c1C1OC(CO)C(O)C(O)C1O. The summed E-state index contributed by atoms with van der Waals surface area (Å²) in [5, 5.41) is 41.5. The molecule has 4 N–H and O–H groups in total. The lowest BCUT2D eigenvalue weighted by Gasteiger charge is -2.40. The molecule has 5 unspecified atom stereocenters. The molecule has 9 heteroatoms. The maximum Gasteiger partial charge on any atom is 0.193 e. The molecule has 2 aromatic rings. The molecule has 1 aromatic carbocycles. The average Bonchev–Trinajstić information content (AvgIpc) is 2.82. The second-order valence-electron chi connectivity index (χ2n) is 9.63. The molecule has 1 aliphatic rings. The molecule has 0 radical (unpaired) electrons. The number of rotatable bonds is 12. The van der Waals surface area contributed by atoms with E-state index < -0.39 is 37.1 Å². The third-order valence-corrected chi connectivity index (χ3v) is 6.61. The molecule has 0 saturated carbocycles. The van der Waals surface area contributed by atoms with Gasteiger partial charge in [-0.1, -0.05) is 39.0 Å². The number of hydrogen-bond acceptors (Lipinski definition) is 9. The summed E-state index contributed by atoms with van der Waals surface area (Å²) in [7, 11) is 0. The molecular formula is C27H38O9. The van der Waals surface area contributed by atoms with Gasteiger partial charge in [0.15, 0.2) is 5.43 Å². The number of aryl methyl sites for hydroxylation is 1. The van der Waals surface area contributed by atoms with Gasteiger partial charge in [-0.15, -0.1) is 0 Å². The summed E-state index contributed by atoms with van der Waals surface area (Å²) in [6.45, 7) is 5.05. The molecule has 5 atom stereocenters. The van der Waals surface area contributed by atoms with Crippen molar-refractivity contribution in [2.24, 2.45) is 0 Å². The van der Waals surface area contributed by atoms with Crippen LogP contribution < -0.4 is 10.2 Å². The van der Waals surface area contributed by atoms with Crippen LogP contribution in [0.1, 0.15) is 75.4 Å². The van der Waals surface area contributed by atoms with Crippen molar-refractivity contribution in [3.05, 3.63) is 39.2 Å². The standard InChI is InChI=1S/C27H38O9/c1-4-5-6-7-8-9-10-34-19-11-15(2)21-18(30)13-17(12-16(3)29)35-26(21)22(19)27-25(33)24(32)23(31)20(14-28)36-27/h11,13,20,23-25,27-28,31-33H,4-10,12,14H2,1-3H3. The van der Waals surface area contributed by atoms with Crippen LogP contribution in [0.4, 0.5) is 0 Å². The predicted molar refractivity (Wildman–Crippen MR) is 133 cm³/mol. The Labute approximate surface area is 210 Å². The number of fused-ring (bicyclic) bond motifs is 1. The van der Waals surface area contributed by atoms with Crippen molar-refractivity contribution in [3.8, 4) is 5.75 Å². The Kier molecular flexibility index (Phi) is 10.0. The van der Waals surface area contributed by atoms with Crippen LogP contribution in [0.25, 0.3) is 11.0 Å². The molecule has 0 aliphatic carbocycles. The number of benzene rings is 1. The summed E-state index contributed by atoms with van der Waals surface area (Å²) in [4.78, 5) is 24.7. The molecule has 2 heterocycles. The molecule has 1 fully saturated rings. The molecule has 0 amide bonds. The molecule has 1 saturated heterocycles. The molecular weight excluding hydrogens is 468 g/mol. The number of carbonyl (C=O) groups excluding carboxylic acids is 1. The van der Waals surface area contributed by atoms with Crippen molar-refractivity contribution >= 4 is 16.8 Å². The molecule has 9 nitrogen and oxygen atoms in total. The van der Waals surface area contributed by atoms with Gasteiger partial charge < -0.3 is 34.3 Å². The lowest BCUT2D eigenvalue weighted by atomic mass is 9.89. The van der Waals surface area contributed by atoms with Crippen molar-refractivity contribution in [1.82, 2.24) is 0 Å². The van der Waals surface area contributed by atoms with Gasteiger partial charge in [0, 0.05) is 6.07 Å². The van der Waals surface area contributed by atoms with Crippen LogP contribution in [0.15, 0.2) is 21.3 Å². The highest BCUT2D eigenvalue weighted by atomic mass is 16.5. The van der Waals surface area contributed by atoms with Gasteiger partial charge in [0.05, 0.1) is 30.6 Å². The second-order valence-corrected chi connectivity index (χ2v) is 9.63. The third-order valence-electron chi connectivity index (χ3n) is 6.61. The van der Waals surface area contributed by atoms with Crippen molar-refractivity contribution in [3.63, 3.8) is 0 Å². The predicted octanol–water partition coefficient (Wildman–Crippen LogP) is 2.49. The van der Waals surface area contributed by atoms with Gasteiger partial charge >= 0.3 is 0 Å². The zero-order valence-electron chi connectivity index (χ0n) is 21.2. The van der Waals surface area contributed by atoms with Crippen LogP contribution in [0.3, 0.4) is 0 Å². The highest BCUT2D eigenvalue weighted by Crippen LogP contribution is 2.42. The van der Waals surface area contributed by atoms with E-state index in [9.17, 15) is 30.0 Å². The minimum atomic E-state index is -1.62. The number of carbonyl (C=O) groups is 1. The maximum absolute atomic E-state index is 13.0. The quantitative estimate of drug-likeness (QED) is 0.319. The van der Waals surface area contributed by atoms with Gasteiger partial charge in [0.1, 0.15) is 53.4 Å². The lowest BCUT2D eigenvalue weighted by molar-refractivity contribution is -0.231. The molecule has 1 aromatic heterocycles. The Balaban J connectivity index is 2.07. The van der Waals surface area contributed by atoms with Crippen LogP contribution in [0.5, 0.6) is 5.75 Å². The molecule has 3 rings (SSSR count). The smallest absolute Gasteiger partial charge is 0.193 e. The van der Waals surface area contributed by atoms with Gasteiger partial charge in [-0.2, -0.15) is 0 Å². The van der Waals surface area contributed by atoms with E-state index in [1.54, 1.807) is 13.0 Å². The van der Waals surface area contributed by atoms with E-state index >= 15 is 0 Å². The summed E-state index contributed by atoms with van der Waals surface area (Å²) < 4.78 is 17.9. The van der Waals surface area contributed by atoms with Gasteiger partial charge in [-0.3, -0.25) is 9.59 Å². The van der Waals surface area contributed by atoms with Gasteiger partial charge in [0.2, 0.25) is 0 Å². The topological polar surface area (TPSA) is 147 Å². The molecule has 1 aliphatic heterocycles. The van der Waals surface area contributed by atoms with Crippen LogP contribution in [0, 0.1) is 6.92 Å². The number of unbranched alkanes of at least 4 members (excludes halogenated alkanes) is 5. The van der Waals surface area contributed by atoms with Gasteiger partial charge in [-0.25, -0.2) is 0 Å². The minimum Gasteiger partial charge on any atom is -0.493 e. The number of Topliss-reactive ketones (excluding diaryl/α,β-unsaturated/α-hetero) is 1. The van der Waals surface area contributed by atoms with Gasteiger partial charge in [0.25, 0.3) is 0 Å². The summed E-state index contributed by atoms with van der Waals surface area (Å²) in [6.07, 6.45) is -0.873. The first-order chi connectivity index (χ1) is 17.2. The Morgan fingerprint density at radius 2 is 1.72 bits per heavy atom. The Hall–Kier alpha value is -2.30. The first-order valence-electron chi connectivity index (χ1n) is 12.7. The number of ether oxygens (including phenoxy) is 2. The monoisotopic (exact) mass is 506 g/mol. The van der Waals surface area contributed by atoms with E-state index in [0.29, 0.717) is 17.9 Å². The first-order valence-corrected chi connectivity index (χ1v) is 12.7. The van der Waals surface area contributed by atoms with E-state index in [0.717, 1.165) is 32.1 Å². The Morgan fingerprint density at radius 3 is 2.39 bits per heavy atom. The highest BCUT2D eigenvalue weighted by molar-refractivity contribution is 5.86. The summed E-state index contributed by atoms with van der Waals surface area (Å²) in [5.41, 5.74) is 0.500. The normalized spacial score (nSPS) is 24.2. The number of aliphatic hydroxyl groups is 4. The van der Waals surface area contributed by atoms with Crippen molar-refractivity contribution < 1.29 is 39.1 Å². The molecule has 36 heavy (non-hydrogen) atoms. The maximum atomic E-state index is 13.0. The second kappa shape index (κ2) is 12.8. The largest absolute Gasteiger partial charge is 0.493 e. The summed E-state index contributed by atoms with van der Waals surface area (Å²) >= 11 is 0. The first kappa shape index (κ1) is 28.3. The van der Waals surface area contributed by atoms with E-state index in [1.165, 1.54) is 19.4 Å². The van der Waals surface area contributed by atoms with Crippen LogP contribution in [0.2, 0.25) is 0 Å². The van der Waals surface area contributed by atoms with E-state index in [-0.39, 0.29) is 39.9 Å². The molecule has 0 bridgehead atoms. The van der Waals surface area contributed by atoms with E-state index in [2.05, 4.69) is 6.92 Å². The fourth-order valence-electron chi connectivity index (χ4n) is 4.69. The van der Waals surface area contributed by atoms with E-state index in [4.69, 9.17) is 13.9 Å². The zero-order chi connectivity index (χ0) is 26.4. The van der Waals surface area contributed by atoms with Gasteiger partial charge in [-0.05, 0) is 31.9 Å². The number of ketones is 1. The summed E-state index contributed by atoms with van der Waals surface area (Å²) in [6, 6.07) is 2.93. The average molecular weight is 507 g/mol. The molecule has 200 valence electrons. The Morgan fingerprint density at radius 1 is 1.03 bits per heavy atom. The number of hydrogen-bond donors (Lipinski definition) is 4. The van der Waals surface area contributed by atoms with Crippen LogP contribution in [-0.4, -0.2) is 63.8 Å². The third kappa shape index (κ3) is 6.33. The minimum absolute atomic E-state index is 0.0843. The fourth-order valence-corrected chi connectivity index (χ4v) is 4.69. The fraction of sp³-hybridized carbons (Fsp3) is 0.630. The highest BCUT2D eigenvalue weighted by Gasteiger charge is 2.46. The van der Waals surface area contributed by atoms with Crippen LogP contribution in [-0.2, 0) is 16.0 Å². The zero-order valence-corrected chi connectivity index (χ0v) is 21.2. The van der Waals surface area contributed by atoms with E-state index in [1.807, 2.05) is 0 Å². The number of aliphatic hydroxyl groups excluding tert-OH is 4. The summed E-state index contributed by atoms with van der Waals surface area (Å²) in [5.74, 6) is 0.262. The van der Waals surface area contributed by atoms with Crippen molar-refractivity contribution in [1.29, 1.82) is 0 Å². The Bertz CT molecular complexity index is 1090. The molecule has 0 spiro atoms. The lowest BCUT2D eigenvalue weighted by Crippen LogP contribution is -2.55.